The van der Waals surface area contributed by atoms with Gasteiger partial charge in [-0.15, -0.1) is 0 Å². The van der Waals surface area contributed by atoms with Crippen LogP contribution in [0.25, 0.3) is 0 Å². The zero-order valence-electron chi connectivity index (χ0n) is 14.0. The molecule has 2 rings (SSSR count). The van der Waals surface area contributed by atoms with Gasteiger partial charge >= 0.3 is 0 Å². The fourth-order valence-corrected chi connectivity index (χ4v) is 5.83. The molecule has 3 nitrogen and oxygen atoms in total. The van der Waals surface area contributed by atoms with Crippen molar-refractivity contribution in [2.24, 2.45) is 11.3 Å². The lowest BCUT2D eigenvalue weighted by atomic mass is 9.67. The molecule has 0 N–H and O–H groups in total. The van der Waals surface area contributed by atoms with E-state index in [0.29, 0.717) is 5.92 Å². The molecule has 1 saturated heterocycles. The summed E-state index contributed by atoms with van der Waals surface area (Å²) in [6, 6.07) is 0. The van der Waals surface area contributed by atoms with Crippen LogP contribution in [-0.2, 0) is 10.0 Å². The Morgan fingerprint density at radius 1 is 0.950 bits per heavy atom. The highest BCUT2D eigenvalue weighted by Crippen LogP contribution is 2.58. The van der Waals surface area contributed by atoms with E-state index in [1.165, 1.54) is 32.1 Å². The molecule has 4 heteroatoms. The number of hydrogen-bond donors (Lipinski definition) is 0. The van der Waals surface area contributed by atoms with Gasteiger partial charge < -0.3 is 0 Å². The van der Waals surface area contributed by atoms with Crippen LogP contribution in [0.3, 0.4) is 0 Å². The van der Waals surface area contributed by atoms with Crippen LogP contribution in [0.1, 0.15) is 73.6 Å². The lowest BCUT2D eigenvalue weighted by molar-refractivity contribution is 0.140. The molecule has 20 heavy (non-hydrogen) atoms. The normalized spacial score (nSPS) is 33.2. The molecule has 0 spiro atoms. The maximum absolute atomic E-state index is 12.8. The van der Waals surface area contributed by atoms with E-state index >= 15 is 0 Å². The number of nitrogens with zero attached hydrogens (tertiary/aromatic N) is 1. The summed E-state index contributed by atoms with van der Waals surface area (Å²) in [7, 11) is -3.21. The van der Waals surface area contributed by atoms with Crippen LogP contribution in [0.15, 0.2) is 0 Å². The Kier molecular flexibility index (Phi) is 3.83. The van der Waals surface area contributed by atoms with Gasteiger partial charge in [-0.25, -0.2) is 8.42 Å². The highest BCUT2D eigenvalue weighted by Gasteiger charge is 2.69. The van der Waals surface area contributed by atoms with Gasteiger partial charge in [-0.1, -0.05) is 40.0 Å². The molecule has 1 unspecified atom stereocenters. The highest BCUT2D eigenvalue weighted by atomic mass is 32.2. The van der Waals surface area contributed by atoms with Gasteiger partial charge in [0.05, 0.1) is 10.3 Å². The van der Waals surface area contributed by atoms with Crippen LogP contribution >= 0.6 is 0 Å². The van der Waals surface area contributed by atoms with Crippen molar-refractivity contribution in [3.63, 3.8) is 0 Å². The Labute approximate surface area is 125 Å². The summed E-state index contributed by atoms with van der Waals surface area (Å²) in [6.07, 6.45) is 6.20. The lowest BCUT2D eigenvalue weighted by Crippen LogP contribution is -2.46. The van der Waals surface area contributed by atoms with Gasteiger partial charge in [0.25, 0.3) is 0 Å². The van der Waals surface area contributed by atoms with Crippen molar-refractivity contribution in [2.45, 2.75) is 83.9 Å². The van der Waals surface area contributed by atoms with Crippen LogP contribution in [0.4, 0.5) is 0 Å². The first-order chi connectivity index (χ1) is 8.94. The molecule has 0 aromatic carbocycles. The molecule has 0 amide bonds. The van der Waals surface area contributed by atoms with E-state index < -0.39 is 14.8 Å². The van der Waals surface area contributed by atoms with E-state index in [1.807, 2.05) is 25.1 Å². The van der Waals surface area contributed by atoms with Gasteiger partial charge in [0.15, 0.2) is 0 Å². The predicted molar refractivity (Wildman–Crippen MR) is 84.1 cm³/mol. The SMILES string of the molecule is CC(C)(C)[C@]1(C2CCCCC2)CN1S(=O)(=O)C(C)(C)C. The summed E-state index contributed by atoms with van der Waals surface area (Å²) in [5.74, 6) is 0.536. The molecule has 1 saturated carbocycles. The van der Waals surface area contributed by atoms with Gasteiger partial charge in [-0.3, -0.25) is 0 Å². The fraction of sp³-hybridized carbons (Fsp3) is 1.00. The van der Waals surface area contributed by atoms with Gasteiger partial charge in [0, 0.05) is 6.54 Å². The maximum atomic E-state index is 12.8. The third-order valence-electron chi connectivity index (χ3n) is 5.37. The zero-order valence-corrected chi connectivity index (χ0v) is 14.8. The average Bonchev–Trinajstić information content (AvgIpc) is 3.05. The van der Waals surface area contributed by atoms with E-state index in [4.69, 9.17) is 0 Å². The van der Waals surface area contributed by atoms with Gasteiger partial charge in [-0.2, -0.15) is 4.31 Å². The molecule has 2 fully saturated rings. The number of rotatable bonds is 2. The van der Waals surface area contributed by atoms with Crippen molar-refractivity contribution in [3.8, 4) is 0 Å². The van der Waals surface area contributed by atoms with Crippen LogP contribution in [0.2, 0.25) is 0 Å². The number of hydrogen-bond acceptors (Lipinski definition) is 2. The van der Waals surface area contributed by atoms with Crippen molar-refractivity contribution >= 4 is 10.0 Å². The third kappa shape index (κ3) is 2.33. The third-order valence-corrected chi connectivity index (χ3v) is 7.95. The van der Waals surface area contributed by atoms with Gasteiger partial charge in [0.2, 0.25) is 10.0 Å². The Balaban J connectivity index is 2.35. The summed E-state index contributed by atoms with van der Waals surface area (Å²) < 4.78 is 26.8. The molecular formula is C16H31NO2S. The van der Waals surface area contributed by atoms with E-state index in [1.54, 1.807) is 0 Å². The van der Waals surface area contributed by atoms with Crippen molar-refractivity contribution in [1.29, 1.82) is 0 Å². The molecule has 2 aliphatic rings. The molecule has 0 aromatic rings. The second-order valence-electron chi connectivity index (χ2n) is 8.63. The minimum atomic E-state index is -3.21. The van der Waals surface area contributed by atoms with E-state index in [0.717, 1.165) is 6.54 Å². The molecule has 1 heterocycles. The molecule has 0 aromatic heterocycles. The van der Waals surface area contributed by atoms with Crippen LogP contribution in [0.5, 0.6) is 0 Å². The molecule has 118 valence electrons. The Bertz CT molecular complexity index is 464. The van der Waals surface area contributed by atoms with Crippen LogP contribution in [0, 0.1) is 11.3 Å². The van der Waals surface area contributed by atoms with Gasteiger partial charge in [-0.05, 0) is 44.9 Å². The highest BCUT2D eigenvalue weighted by molar-refractivity contribution is 7.90. The molecule has 0 bridgehead atoms. The van der Waals surface area contributed by atoms with E-state index in [2.05, 4.69) is 20.8 Å². The lowest BCUT2D eigenvalue weighted by Gasteiger charge is -2.41. The van der Waals surface area contributed by atoms with Crippen molar-refractivity contribution < 1.29 is 8.42 Å². The van der Waals surface area contributed by atoms with E-state index in [-0.39, 0.29) is 11.0 Å². The Morgan fingerprint density at radius 2 is 1.45 bits per heavy atom. The first-order valence-corrected chi connectivity index (χ1v) is 9.41. The standard InChI is InChI=1S/C16H31NO2S/c1-14(2,3)16(13-10-8-7-9-11-13)12-17(16)20(18,19)15(4,5)6/h13H,7-12H2,1-6H3/t16-,17?/m1/s1. The monoisotopic (exact) mass is 301 g/mol. The minimum absolute atomic E-state index is 0.00727. The topological polar surface area (TPSA) is 37.1 Å². The molecule has 1 aliphatic heterocycles. The summed E-state index contributed by atoms with van der Waals surface area (Å²) >= 11 is 0. The zero-order chi connectivity index (χ0) is 15.4. The van der Waals surface area contributed by atoms with E-state index in [9.17, 15) is 8.42 Å². The molecule has 2 atom stereocenters. The summed E-state index contributed by atoms with van der Waals surface area (Å²) in [5, 5.41) is 0. The molecule has 1 aliphatic carbocycles. The smallest absolute Gasteiger partial charge is 0.212 e. The predicted octanol–water partition coefficient (Wildman–Crippen LogP) is 3.80. The quantitative estimate of drug-likeness (QED) is 0.728. The maximum Gasteiger partial charge on any atom is 0.219 e. The Morgan fingerprint density at radius 3 is 1.85 bits per heavy atom. The molecule has 0 radical (unpaired) electrons. The van der Waals surface area contributed by atoms with Crippen molar-refractivity contribution in [3.05, 3.63) is 0 Å². The number of sulfonamides is 1. The largest absolute Gasteiger partial charge is 0.219 e. The van der Waals surface area contributed by atoms with Crippen molar-refractivity contribution in [1.82, 2.24) is 4.31 Å². The second kappa shape index (κ2) is 4.70. The minimum Gasteiger partial charge on any atom is -0.212 e. The summed E-state index contributed by atoms with van der Waals surface area (Å²) in [4.78, 5) is 0. The van der Waals surface area contributed by atoms with Crippen LogP contribution in [-0.4, -0.2) is 29.6 Å². The van der Waals surface area contributed by atoms with Crippen LogP contribution < -0.4 is 0 Å². The van der Waals surface area contributed by atoms with Crippen molar-refractivity contribution in [2.75, 3.05) is 6.54 Å². The first-order valence-electron chi connectivity index (χ1n) is 7.97. The Hall–Kier alpha value is -0.0900. The molecular weight excluding hydrogens is 270 g/mol. The summed E-state index contributed by atoms with van der Waals surface area (Å²) in [5.41, 5.74) is -0.132. The average molecular weight is 301 g/mol. The summed E-state index contributed by atoms with van der Waals surface area (Å²) in [6.45, 7) is 12.8. The van der Waals surface area contributed by atoms with Gasteiger partial charge in [0.1, 0.15) is 0 Å². The fourth-order valence-electron chi connectivity index (χ4n) is 3.95. The second-order valence-corrected chi connectivity index (χ2v) is 11.2. The first kappa shape index (κ1) is 16.3.